The van der Waals surface area contributed by atoms with Gasteiger partial charge in [0.1, 0.15) is 0 Å². The van der Waals surface area contributed by atoms with Crippen LogP contribution in [-0.2, 0) is 19.5 Å². The van der Waals surface area contributed by atoms with Crippen LogP contribution in [-0.4, -0.2) is 9.97 Å². The molecule has 0 saturated carbocycles. The summed E-state index contributed by atoms with van der Waals surface area (Å²) in [5.74, 6) is 0. The number of rotatable bonds is 0. The number of aromatic nitrogens is 2. The molecule has 0 saturated heterocycles. The molecule has 2 aromatic heterocycles. The van der Waals surface area contributed by atoms with Gasteiger partial charge >= 0.3 is 0 Å². The minimum Gasteiger partial charge on any atom is -0.693 e. The SMILES string of the molecule is [NH2-].[NH2-].[NH2-].[NH2-].[Rh].c1cnc2c(c1)ccc1cccnc12. The molecule has 0 aliphatic rings. The second-order valence-corrected chi connectivity index (χ2v) is 3.22. The molecule has 3 aromatic rings. The van der Waals surface area contributed by atoms with Crippen molar-refractivity contribution in [2.24, 2.45) is 0 Å². The van der Waals surface area contributed by atoms with Crippen molar-refractivity contribution in [1.82, 2.24) is 9.97 Å². The maximum absolute atomic E-state index is 4.35. The Morgan fingerprint density at radius 3 is 1.32 bits per heavy atom. The molecule has 0 aliphatic carbocycles. The van der Waals surface area contributed by atoms with Crippen LogP contribution >= 0.6 is 0 Å². The zero-order valence-electron chi connectivity index (χ0n) is 10.2. The van der Waals surface area contributed by atoms with Gasteiger partial charge in [0.25, 0.3) is 0 Å². The number of benzene rings is 1. The number of hydrogen-bond donors (Lipinski definition) is 0. The van der Waals surface area contributed by atoms with Crippen molar-refractivity contribution < 1.29 is 19.5 Å². The zero-order chi connectivity index (χ0) is 9.38. The molecule has 6 nitrogen and oxygen atoms in total. The maximum Gasteiger partial charge on any atom is 0.0964 e. The van der Waals surface area contributed by atoms with E-state index in [1.807, 2.05) is 12.1 Å². The van der Waals surface area contributed by atoms with Crippen molar-refractivity contribution in [3.8, 4) is 0 Å². The third-order valence-corrected chi connectivity index (χ3v) is 2.34. The number of fused-ring (bicyclic) bond motifs is 3. The van der Waals surface area contributed by atoms with E-state index >= 15 is 0 Å². The van der Waals surface area contributed by atoms with Crippen LogP contribution < -0.4 is 0 Å². The molecule has 0 unspecified atom stereocenters. The van der Waals surface area contributed by atoms with Gasteiger partial charge in [-0.3, -0.25) is 9.97 Å². The molecule has 0 aliphatic heterocycles. The molecule has 0 bridgehead atoms. The number of hydrogen-bond acceptors (Lipinski definition) is 2. The van der Waals surface area contributed by atoms with Crippen molar-refractivity contribution in [1.29, 1.82) is 0 Å². The Kier molecular flexibility index (Phi) is 11.3. The zero-order valence-corrected chi connectivity index (χ0v) is 11.8. The van der Waals surface area contributed by atoms with E-state index in [0.29, 0.717) is 0 Å². The van der Waals surface area contributed by atoms with Crippen LogP contribution in [0.5, 0.6) is 0 Å². The van der Waals surface area contributed by atoms with E-state index in [2.05, 4.69) is 34.2 Å². The summed E-state index contributed by atoms with van der Waals surface area (Å²) >= 11 is 0. The summed E-state index contributed by atoms with van der Waals surface area (Å²) in [6.07, 6.45) is 3.60. The van der Waals surface area contributed by atoms with Crippen molar-refractivity contribution in [3.05, 3.63) is 73.4 Å². The number of nitrogens with zero attached hydrogens (tertiary/aromatic N) is 2. The van der Waals surface area contributed by atoms with E-state index < -0.39 is 0 Å². The first kappa shape index (κ1) is 22.7. The van der Waals surface area contributed by atoms with Crippen LogP contribution in [0, 0.1) is 0 Å². The molecule has 7 heteroatoms. The Bertz CT molecular complexity index is 561. The smallest absolute Gasteiger partial charge is 0.0964 e. The third-order valence-electron chi connectivity index (χ3n) is 2.34. The minimum absolute atomic E-state index is 0. The van der Waals surface area contributed by atoms with Gasteiger partial charge in [0, 0.05) is 42.6 Å². The largest absolute Gasteiger partial charge is 0.693 e. The molecule has 2 heterocycles. The standard InChI is InChI=1S/C12H8N2.4H2N.Rh/c1-3-9-5-6-10-4-2-8-14-12(10)11(9)13-7-1;;;;;/h1-8H;4*1H2;/q;4*-1;. The van der Waals surface area contributed by atoms with E-state index in [0.717, 1.165) is 21.8 Å². The van der Waals surface area contributed by atoms with Gasteiger partial charge < -0.3 is 24.6 Å². The van der Waals surface area contributed by atoms with Gasteiger partial charge in [-0.05, 0) is 12.1 Å². The predicted molar refractivity (Wildman–Crippen MR) is 78.2 cm³/mol. The molecule has 0 amide bonds. The number of pyridine rings is 2. The predicted octanol–water partition coefficient (Wildman–Crippen LogP) is 5.65. The fourth-order valence-electron chi connectivity index (χ4n) is 1.68. The van der Waals surface area contributed by atoms with Crippen LogP contribution in [0.25, 0.3) is 46.4 Å². The molecule has 8 N–H and O–H groups in total. The van der Waals surface area contributed by atoms with E-state index in [-0.39, 0.29) is 44.1 Å². The fraction of sp³-hybridized carbons (Fsp3) is 0. The van der Waals surface area contributed by atoms with Crippen LogP contribution in [0.3, 0.4) is 0 Å². The molecule has 0 fully saturated rings. The topological polar surface area (TPSA) is 160 Å². The van der Waals surface area contributed by atoms with E-state index in [9.17, 15) is 0 Å². The Balaban J connectivity index is -0.000000512. The quantitative estimate of drug-likeness (QED) is 0.380. The van der Waals surface area contributed by atoms with Crippen molar-refractivity contribution in [2.75, 3.05) is 0 Å². The Morgan fingerprint density at radius 1 is 0.579 bits per heavy atom. The minimum atomic E-state index is 0. The summed E-state index contributed by atoms with van der Waals surface area (Å²) in [6.45, 7) is 0. The average molecular weight is 347 g/mol. The summed E-state index contributed by atoms with van der Waals surface area (Å²) in [5.41, 5.74) is 1.95. The Morgan fingerprint density at radius 2 is 0.947 bits per heavy atom. The summed E-state index contributed by atoms with van der Waals surface area (Å²) < 4.78 is 0. The van der Waals surface area contributed by atoms with Gasteiger partial charge in [0.2, 0.25) is 0 Å². The van der Waals surface area contributed by atoms with Gasteiger partial charge in [-0.25, -0.2) is 0 Å². The molecular formula is C12H16N6Rh-4. The average Bonchev–Trinajstić information content (AvgIpc) is 2.29. The van der Waals surface area contributed by atoms with Crippen LogP contribution in [0.15, 0.2) is 48.8 Å². The van der Waals surface area contributed by atoms with Gasteiger partial charge in [0.05, 0.1) is 11.0 Å². The first-order valence-corrected chi connectivity index (χ1v) is 4.53. The summed E-state index contributed by atoms with van der Waals surface area (Å²) in [5, 5.41) is 2.28. The first-order chi connectivity index (χ1) is 6.95. The molecule has 1 radical (unpaired) electrons. The number of nitrogens with two attached hydrogens (primary N) is 4. The first-order valence-electron chi connectivity index (χ1n) is 4.53. The molecule has 3 rings (SSSR count). The summed E-state index contributed by atoms with van der Waals surface area (Å²) in [4.78, 5) is 8.69. The Hall–Kier alpha value is -1.50. The van der Waals surface area contributed by atoms with Crippen LogP contribution in [0.1, 0.15) is 0 Å². The van der Waals surface area contributed by atoms with E-state index in [1.165, 1.54) is 0 Å². The van der Waals surface area contributed by atoms with Crippen molar-refractivity contribution in [3.63, 3.8) is 0 Å². The monoisotopic (exact) mass is 347 g/mol. The van der Waals surface area contributed by atoms with Gasteiger partial charge in [-0.1, -0.05) is 24.3 Å². The second kappa shape index (κ2) is 9.44. The molecular weight excluding hydrogens is 331 g/mol. The van der Waals surface area contributed by atoms with Crippen LogP contribution in [0.4, 0.5) is 0 Å². The third kappa shape index (κ3) is 3.99. The van der Waals surface area contributed by atoms with Crippen molar-refractivity contribution >= 4 is 21.8 Å². The molecule has 107 valence electrons. The maximum atomic E-state index is 4.35. The fourth-order valence-corrected chi connectivity index (χ4v) is 1.68. The molecule has 19 heavy (non-hydrogen) atoms. The van der Waals surface area contributed by atoms with E-state index in [1.54, 1.807) is 12.4 Å². The molecule has 0 spiro atoms. The van der Waals surface area contributed by atoms with Gasteiger partial charge in [-0.2, -0.15) is 0 Å². The second-order valence-electron chi connectivity index (χ2n) is 3.22. The summed E-state index contributed by atoms with van der Waals surface area (Å²) in [7, 11) is 0. The van der Waals surface area contributed by atoms with Gasteiger partial charge in [0.15, 0.2) is 0 Å². The summed E-state index contributed by atoms with van der Waals surface area (Å²) in [6, 6.07) is 12.1. The van der Waals surface area contributed by atoms with E-state index in [4.69, 9.17) is 0 Å². The Labute approximate surface area is 125 Å². The van der Waals surface area contributed by atoms with Crippen molar-refractivity contribution in [2.45, 2.75) is 0 Å². The molecule has 0 atom stereocenters. The molecule has 1 aromatic carbocycles. The normalized spacial score (nSPS) is 8.00. The van der Waals surface area contributed by atoms with Crippen LogP contribution in [0.2, 0.25) is 0 Å². The van der Waals surface area contributed by atoms with Gasteiger partial charge in [-0.15, -0.1) is 0 Å².